The molecule has 0 bridgehead atoms. The number of nitrogens with zero attached hydrogens (tertiary/aromatic N) is 3. The van der Waals surface area contributed by atoms with E-state index >= 15 is 0 Å². The molecule has 2 aromatic rings. The zero-order chi connectivity index (χ0) is 18.6. The molecule has 0 aliphatic carbocycles. The van der Waals surface area contributed by atoms with Crippen LogP contribution in [0, 0.1) is 24.0 Å². The molecule has 0 fully saturated rings. The Morgan fingerprint density at radius 3 is 2.52 bits per heavy atom. The van der Waals surface area contributed by atoms with Crippen LogP contribution in [-0.2, 0) is 6.54 Å². The summed E-state index contributed by atoms with van der Waals surface area (Å²) in [5.41, 5.74) is 1.28. The van der Waals surface area contributed by atoms with Gasteiger partial charge in [-0.3, -0.25) is 19.6 Å². The fourth-order valence-electron chi connectivity index (χ4n) is 2.52. The van der Waals surface area contributed by atoms with Crippen molar-refractivity contribution < 1.29 is 19.6 Å². The van der Waals surface area contributed by atoms with Gasteiger partial charge < -0.3 is 9.84 Å². The first-order chi connectivity index (χ1) is 11.8. The summed E-state index contributed by atoms with van der Waals surface area (Å²) in [6.45, 7) is 5.05. The van der Waals surface area contributed by atoms with Crippen LogP contribution in [0.5, 0.6) is 5.75 Å². The summed E-state index contributed by atoms with van der Waals surface area (Å²) in [6.07, 6.45) is -0.442. The highest BCUT2D eigenvalue weighted by atomic mass is 16.6. The topological polar surface area (TPSA) is 107 Å². The Labute approximate surface area is 145 Å². The van der Waals surface area contributed by atoms with Gasteiger partial charge in [0.1, 0.15) is 29.8 Å². The van der Waals surface area contributed by atoms with E-state index < -0.39 is 11.0 Å². The Kier molecular flexibility index (Phi) is 5.87. The first-order valence-corrected chi connectivity index (χ1v) is 7.96. The van der Waals surface area contributed by atoms with Crippen LogP contribution in [0.15, 0.2) is 24.3 Å². The molecule has 2 rings (SSSR count). The fraction of sp³-hybridized carbons (Fsp3) is 0.412. The molecule has 1 aromatic carbocycles. The Morgan fingerprint density at radius 1 is 1.36 bits per heavy atom. The number of carbonyl (C=O) groups excluding carboxylic acids is 1. The molecule has 0 saturated heterocycles. The number of carbonyl (C=O) groups is 1. The molecule has 134 valence electrons. The van der Waals surface area contributed by atoms with E-state index in [2.05, 4.69) is 5.10 Å². The number of aromatic nitrogens is 2. The number of hydrogen-bond acceptors (Lipinski definition) is 6. The lowest BCUT2D eigenvalue weighted by molar-refractivity contribution is -0.386. The molecule has 0 aliphatic rings. The van der Waals surface area contributed by atoms with E-state index in [1.165, 1.54) is 4.68 Å². The van der Waals surface area contributed by atoms with Gasteiger partial charge in [0.15, 0.2) is 5.78 Å². The van der Waals surface area contributed by atoms with Gasteiger partial charge in [-0.25, -0.2) is 0 Å². The average molecular weight is 347 g/mol. The first kappa shape index (κ1) is 18.6. The van der Waals surface area contributed by atoms with Crippen molar-refractivity contribution in [2.75, 3.05) is 6.61 Å². The zero-order valence-electron chi connectivity index (χ0n) is 14.4. The molecule has 8 nitrogen and oxygen atoms in total. The third-order valence-corrected chi connectivity index (χ3v) is 3.85. The number of aliphatic hydroxyl groups excluding tert-OH is 1. The van der Waals surface area contributed by atoms with Crippen molar-refractivity contribution in [1.29, 1.82) is 0 Å². The number of nitro groups is 1. The number of Topliss-reactive ketones (excluding diaryl/α,β-unsaturated/α-hetero) is 1. The van der Waals surface area contributed by atoms with Gasteiger partial charge in [0, 0.05) is 12.0 Å². The number of hydrogen-bond donors (Lipinski definition) is 1. The molecule has 1 aromatic heterocycles. The summed E-state index contributed by atoms with van der Waals surface area (Å²) in [5, 5.41) is 25.2. The minimum absolute atomic E-state index is 0.00716. The second-order valence-corrected chi connectivity index (χ2v) is 5.72. The van der Waals surface area contributed by atoms with Gasteiger partial charge in [-0.05, 0) is 38.1 Å². The number of benzene rings is 1. The van der Waals surface area contributed by atoms with Crippen molar-refractivity contribution >= 4 is 11.5 Å². The van der Waals surface area contributed by atoms with Crippen molar-refractivity contribution in [3.8, 4) is 5.75 Å². The number of aliphatic hydroxyl groups is 1. The van der Waals surface area contributed by atoms with Crippen LogP contribution in [0.2, 0.25) is 0 Å². The summed E-state index contributed by atoms with van der Waals surface area (Å²) in [5.74, 6) is 0.587. The smallest absolute Gasteiger partial charge is 0.312 e. The van der Waals surface area contributed by atoms with E-state index in [0.717, 1.165) is 0 Å². The molecule has 0 aliphatic heterocycles. The normalized spacial score (nSPS) is 12.0. The quantitative estimate of drug-likeness (QED) is 0.446. The molecule has 0 saturated carbocycles. The van der Waals surface area contributed by atoms with Gasteiger partial charge in [0.25, 0.3) is 0 Å². The summed E-state index contributed by atoms with van der Waals surface area (Å²) < 4.78 is 6.90. The first-order valence-electron chi connectivity index (χ1n) is 7.96. The van der Waals surface area contributed by atoms with Crippen LogP contribution in [0.4, 0.5) is 5.69 Å². The molecular formula is C17H21N3O5. The highest BCUT2D eigenvalue weighted by Gasteiger charge is 2.22. The highest BCUT2D eigenvalue weighted by Crippen LogP contribution is 2.22. The fourth-order valence-corrected chi connectivity index (χ4v) is 2.52. The number of rotatable bonds is 8. The average Bonchev–Trinajstić information content (AvgIpc) is 2.86. The van der Waals surface area contributed by atoms with Gasteiger partial charge >= 0.3 is 5.69 Å². The molecule has 1 atom stereocenters. The number of ether oxygens (including phenoxy) is 1. The third-order valence-electron chi connectivity index (χ3n) is 3.85. The molecule has 0 amide bonds. The van der Waals surface area contributed by atoms with E-state index in [1.807, 2.05) is 0 Å². The molecule has 1 N–H and O–H groups in total. The standard InChI is InChI=1S/C17H21N3O5/c1-4-16(22)13-5-7-15(8-6-13)25-10-14(21)9-19-12(3)17(20(23)24)11(2)18-19/h5-8,14,21H,4,9-10H2,1-3H3. The lowest BCUT2D eigenvalue weighted by atomic mass is 10.1. The van der Waals surface area contributed by atoms with E-state index in [9.17, 15) is 20.0 Å². The molecule has 25 heavy (non-hydrogen) atoms. The van der Waals surface area contributed by atoms with E-state index in [-0.39, 0.29) is 24.6 Å². The molecular weight excluding hydrogens is 326 g/mol. The monoisotopic (exact) mass is 347 g/mol. The summed E-state index contributed by atoms with van der Waals surface area (Å²) in [4.78, 5) is 22.1. The molecule has 0 spiro atoms. The largest absolute Gasteiger partial charge is 0.491 e. The van der Waals surface area contributed by atoms with Gasteiger partial charge in [0.05, 0.1) is 11.5 Å². The second kappa shape index (κ2) is 7.89. The van der Waals surface area contributed by atoms with Crippen molar-refractivity contribution in [2.24, 2.45) is 0 Å². The van der Waals surface area contributed by atoms with Crippen LogP contribution in [0.3, 0.4) is 0 Å². The second-order valence-electron chi connectivity index (χ2n) is 5.72. The highest BCUT2D eigenvalue weighted by molar-refractivity contribution is 5.95. The van der Waals surface area contributed by atoms with Gasteiger partial charge in [0.2, 0.25) is 0 Å². The molecule has 0 radical (unpaired) electrons. The Hall–Kier alpha value is -2.74. The number of aryl methyl sites for hydroxylation is 1. The van der Waals surface area contributed by atoms with Crippen LogP contribution in [0.1, 0.15) is 35.1 Å². The van der Waals surface area contributed by atoms with Crippen LogP contribution in [0.25, 0.3) is 0 Å². The van der Waals surface area contributed by atoms with Gasteiger partial charge in [-0.1, -0.05) is 6.92 Å². The van der Waals surface area contributed by atoms with Crippen molar-refractivity contribution in [3.05, 3.63) is 51.3 Å². The maximum Gasteiger partial charge on any atom is 0.312 e. The third kappa shape index (κ3) is 4.42. The van der Waals surface area contributed by atoms with Crippen LogP contribution < -0.4 is 4.74 Å². The van der Waals surface area contributed by atoms with Crippen molar-refractivity contribution in [2.45, 2.75) is 39.8 Å². The Bertz CT molecular complexity index is 767. The van der Waals surface area contributed by atoms with Gasteiger partial charge in [-0.15, -0.1) is 0 Å². The maximum absolute atomic E-state index is 11.6. The Morgan fingerprint density at radius 2 is 2.00 bits per heavy atom. The predicted octanol–water partition coefficient (Wildman–Crippen LogP) is 2.44. The SMILES string of the molecule is CCC(=O)c1ccc(OCC(O)Cn2nc(C)c([N+](=O)[O-])c2C)cc1. The van der Waals surface area contributed by atoms with E-state index in [4.69, 9.17) is 4.74 Å². The lowest BCUT2D eigenvalue weighted by Gasteiger charge is -2.13. The van der Waals surface area contributed by atoms with Crippen LogP contribution >= 0.6 is 0 Å². The summed E-state index contributed by atoms with van der Waals surface area (Å²) >= 11 is 0. The predicted molar refractivity (Wildman–Crippen MR) is 90.9 cm³/mol. The Balaban J connectivity index is 1.95. The minimum atomic E-state index is -0.880. The molecule has 8 heteroatoms. The summed E-state index contributed by atoms with van der Waals surface area (Å²) in [7, 11) is 0. The zero-order valence-corrected chi connectivity index (χ0v) is 14.4. The lowest BCUT2D eigenvalue weighted by Crippen LogP contribution is -2.24. The molecule has 1 heterocycles. The van der Waals surface area contributed by atoms with Crippen molar-refractivity contribution in [1.82, 2.24) is 9.78 Å². The van der Waals surface area contributed by atoms with Crippen molar-refractivity contribution in [3.63, 3.8) is 0 Å². The molecule has 1 unspecified atom stereocenters. The van der Waals surface area contributed by atoms with Crippen LogP contribution in [-0.4, -0.2) is 38.3 Å². The van der Waals surface area contributed by atoms with E-state index in [0.29, 0.717) is 29.1 Å². The van der Waals surface area contributed by atoms with E-state index in [1.54, 1.807) is 45.0 Å². The van der Waals surface area contributed by atoms with Gasteiger partial charge in [-0.2, -0.15) is 5.10 Å². The minimum Gasteiger partial charge on any atom is -0.491 e. The summed E-state index contributed by atoms with van der Waals surface area (Å²) in [6, 6.07) is 6.70. The maximum atomic E-state index is 11.6. The number of ketones is 1.